The second-order valence-corrected chi connectivity index (χ2v) is 5.50. The van der Waals surface area contributed by atoms with E-state index in [-0.39, 0.29) is 10.8 Å². The summed E-state index contributed by atoms with van der Waals surface area (Å²) < 4.78 is 0. The van der Waals surface area contributed by atoms with Crippen molar-refractivity contribution in [1.29, 1.82) is 0 Å². The minimum Gasteiger partial charge on any atom is -0.506 e. The molecular weight excluding hydrogens is 301 g/mol. The van der Waals surface area contributed by atoms with Gasteiger partial charge in [-0.25, -0.2) is 0 Å². The molecule has 1 N–H and O–H groups in total. The van der Waals surface area contributed by atoms with Crippen molar-refractivity contribution in [3.05, 3.63) is 52.0 Å². The first-order chi connectivity index (χ1) is 9.10. The van der Waals surface area contributed by atoms with E-state index in [9.17, 15) is 5.11 Å². The Morgan fingerprint density at radius 1 is 1.16 bits per heavy atom. The third-order valence-electron chi connectivity index (χ3n) is 2.48. The van der Waals surface area contributed by atoms with Crippen LogP contribution in [0.4, 0.5) is 5.69 Å². The van der Waals surface area contributed by atoms with Gasteiger partial charge in [0.1, 0.15) is 5.75 Å². The van der Waals surface area contributed by atoms with Gasteiger partial charge in [0, 0.05) is 21.7 Å². The van der Waals surface area contributed by atoms with E-state index in [2.05, 4.69) is 4.99 Å². The van der Waals surface area contributed by atoms with Crippen molar-refractivity contribution in [3.8, 4) is 5.75 Å². The van der Waals surface area contributed by atoms with Crippen LogP contribution in [-0.2, 0) is 0 Å². The van der Waals surface area contributed by atoms with E-state index in [0.717, 1.165) is 5.69 Å². The van der Waals surface area contributed by atoms with Crippen LogP contribution in [0.1, 0.15) is 5.56 Å². The van der Waals surface area contributed by atoms with Gasteiger partial charge in [0.2, 0.25) is 0 Å². The van der Waals surface area contributed by atoms with Crippen molar-refractivity contribution in [2.75, 3.05) is 6.26 Å². The van der Waals surface area contributed by atoms with Gasteiger partial charge in [-0.2, -0.15) is 0 Å². The molecule has 2 nitrogen and oxygen atoms in total. The van der Waals surface area contributed by atoms with Crippen LogP contribution in [0, 0.1) is 0 Å². The Balaban J connectivity index is 2.27. The lowest BCUT2D eigenvalue weighted by Gasteiger charge is -2.02. The van der Waals surface area contributed by atoms with E-state index in [1.54, 1.807) is 24.0 Å². The summed E-state index contributed by atoms with van der Waals surface area (Å²) in [6.45, 7) is 0. The molecule has 0 aromatic heterocycles. The Morgan fingerprint density at radius 2 is 1.84 bits per heavy atom. The van der Waals surface area contributed by atoms with Crippen molar-refractivity contribution in [3.63, 3.8) is 0 Å². The Hall–Kier alpha value is -1.16. The number of rotatable bonds is 3. The van der Waals surface area contributed by atoms with Crippen LogP contribution in [0.15, 0.2) is 46.3 Å². The number of hydrogen-bond acceptors (Lipinski definition) is 3. The van der Waals surface area contributed by atoms with Gasteiger partial charge < -0.3 is 5.11 Å². The molecule has 0 unspecified atom stereocenters. The number of nitrogens with zero attached hydrogens (tertiary/aromatic N) is 1. The Bertz CT molecular complexity index is 612. The number of aromatic hydroxyl groups is 1. The summed E-state index contributed by atoms with van der Waals surface area (Å²) >= 11 is 13.4. The molecule has 0 aliphatic carbocycles. The van der Waals surface area contributed by atoms with E-state index in [0.29, 0.717) is 10.6 Å². The molecule has 0 amide bonds. The lowest BCUT2D eigenvalue weighted by molar-refractivity contribution is 0.475. The second-order valence-electron chi connectivity index (χ2n) is 3.78. The number of halogens is 2. The summed E-state index contributed by atoms with van der Waals surface area (Å²) in [5, 5.41) is 10.5. The number of aliphatic imine (C=N–C) groups is 1. The third kappa shape index (κ3) is 3.66. The monoisotopic (exact) mass is 311 g/mol. The molecular formula is C14H11Cl2NOS. The summed E-state index contributed by atoms with van der Waals surface area (Å²) in [5.41, 5.74) is 1.29. The predicted molar refractivity (Wildman–Crippen MR) is 83.6 cm³/mol. The number of phenolic OH excluding ortho intramolecular Hbond substituents is 1. The predicted octanol–water partition coefficient (Wildman–Crippen LogP) is 5.17. The fraction of sp³-hybridized carbons (Fsp3) is 0.0714. The Morgan fingerprint density at radius 3 is 2.47 bits per heavy atom. The highest BCUT2D eigenvalue weighted by molar-refractivity contribution is 7.98. The van der Waals surface area contributed by atoms with E-state index < -0.39 is 0 Å². The van der Waals surface area contributed by atoms with Crippen LogP contribution in [0.2, 0.25) is 10.0 Å². The van der Waals surface area contributed by atoms with Gasteiger partial charge in [-0.3, -0.25) is 4.99 Å². The third-order valence-corrected chi connectivity index (χ3v) is 3.73. The number of benzene rings is 2. The first-order valence-electron chi connectivity index (χ1n) is 5.46. The highest BCUT2D eigenvalue weighted by atomic mass is 35.5. The zero-order valence-corrected chi connectivity index (χ0v) is 12.4. The average molecular weight is 312 g/mol. The SMILES string of the molecule is CSc1ccc(N=Cc2cc(Cl)cc(Cl)c2O)cc1. The molecule has 19 heavy (non-hydrogen) atoms. The molecule has 2 aromatic rings. The zero-order chi connectivity index (χ0) is 13.8. The largest absolute Gasteiger partial charge is 0.506 e. The van der Waals surface area contributed by atoms with Crippen molar-refractivity contribution in [2.24, 2.45) is 4.99 Å². The zero-order valence-electron chi connectivity index (χ0n) is 10.1. The van der Waals surface area contributed by atoms with E-state index in [1.165, 1.54) is 11.0 Å². The topological polar surface area (TPSA) is 32.6 Å². The molecule has 0 aliphatic heterocycles. The van der Waals surface area contributed by atoms with Crippen molar-refractivity contribution < 1.29 is 5.11 Å². The van der Waals surface area contributed by atoms with Crippen molar-refractivity contribution in [2.45, 2.75) is 4.90 Å². The minimum absolute atomic E-state index is 0.0180. The summed E-state index contributed by atoms with van der Waals surface area (Å²) in [7, 11) is 0. The lowest BCUT2D eigenvalue weighted by Crippen LogP contribution is -1.84. The van der Waals surface area contributed by atoms with Gasteiger partial charge in [0.15, 0.2) is 0 Å². The van der Waals surface area contributed by atoms with Crippen LogP contribution in [-0.4, -0.2) is 17.6 Å². The number of hydrogen-bond donors (Lipinski definition) is 1. The fourth-order valence-corrected chi connectivity index (χ4v) is 2.41. The smallest absolute Gasteiger partial charge is 0.143 e. The Kier molecular flexibility index (Phi) is 4.75. The van der Waals surface area contributed by atoms with Gasteiger partial charge in [-0.15, -0.1) is 11.8 Å². The van der Waals surface area contributed by atoms with Gasteiger partial charge in [-0.1, -0.05) is 23.2 Å². The summed E-state index contributed by atoms with van der Waals surface area (Å²) in [6, 6.07) is 10.9. The molecule has 98 valence electrons. The molecule has 0 saturated carbocycles. The number of thioether (sulfide) groups is 1. The summed E-state index contributed by atoms with van der Waals surface area (Å²) in [5.74, 6) is -0.0180. The number of phenols is 1. The first-order valence-corrected chi connectivity index (χ1v) is 7.44. The molecule has 0 saturated heterocycles. The summed E-state index contributed by atoms with van der Waals surface area (Å²) in [4.78, 5) is 5.46. The van der Waals surface area contributed by atoms with Gasteiger partial charge in [0.05, 0.1) is 10.7 Å². The molecule has 5 heteroatoms. The molecule has 0 atom stereocenters. The molecule has 2 aromatic carbocycles. The molecule has 2 rings (SSSR count). The maximum absolute atomic E-state index is 9.80. The minimum atomic E-state index is -0.0180. The first kappa shape index (κ1) is 14.3. The van der Waals surface area contributed by atoms with Crippen LogP contribution in [0.25, 0.3) is 0 Å². The van der Waals surface area contributed by atoms with Gasteiger partial charge >= 0.3 is 0 Å². The van der Waals surface area contributed by atoms with Gasteiger partial charge in [0.25, 0.3) is 0 Å². The molecule has 0 bridgehead atoms. The average Bonchev–Trinajstić information content (AvgIpc) is 2.41. The van der Waals surface area contributed by atoms with Crippen LogP contribution in [0.3, 0.4) is 0 Å². The normalized spacial score (nSPS) is 11.1. The molecule has 0 heterocycles. The van der Waals surface area contributed by atoms with E-state index in [1.807, 2.05) is 30.5 Å². The second kappa shape index (κ2) is 6.33. The lowest BCUT2D eigenvalue weighted by atomic mass is 10.2. The quantitative estimate of drug-likeness (QED) is 0.626. The molecule has 0 aliphatic rings. The van der Waals surface area contributed by atoms with Crippen molar-refractivity contribution >= 4 is 46.9 Å². The standard InChI is InChI=1S/C14H11Cl2NOS/c1-19-12-4-2-11(3-5-12)17-8-9-6-10(15)7-13(16)14(9)18/h2-8,18H,1H3. The van der Waals surface area contributed by atoms with Crippen LogP contribution >= 0.6 is 35.0 Å². The van der Waals surface area contributed by atoms with E-state index >= 15 is 0 Å². The van der Waals surface area contributed by atoms with Gasteiger partial charge in [-0.05, 0) is 42.7 Å². The molecule has 0 spiro atoms. The maximum atomic E-state index is 9.80. The highest BCUT2D eigenvalue weighted by Crippen LogP contribution is 2.30. The highest BCUT2D eigenvalue weighted by Gasteiger charge is 2.05. The Labute approximate surface area is 126 Å². The van der Waals surface area contributed by atoms with E-state index in [4.69, 9.17) is 23.2 Å². The summed E-state index contributed by atoms with van der Waals surface area (Å²) in [6.07, 6.45) is 3.56. The van der Waals surface area contributed by atoms with Crippen molar-refractivity contribution in [1.82, 2.24) is 0 Å². The van der Waals surface area contributed by atoms with Crippen LogP contribution in [0.5, 0.6) is 5.75 Å². The molecule has 0 fully saturated rings. The van der Waals surface area contributed by atoms with Crippen LogP contribution < -0.4 is 0 Å². The molecule has 0 radical (unpaired) electrons. The maximum Gasteiger partial charge on any atom is 0.143 e. The fourth-order valence-electron chi connectivity index (χ4n) is 1.50.